The van der Waals surface area contributed by atoms with Gasteiger partial charge in [0.25, 0.3) is 0 Å². The van der Waals surface area contributed by atoms with E-state index in [4.69, 9.17) is 28.9 Å². The molecule has 28 heavy (non-hydrogen) atoms. The Labute approximate surface area is 174 Å². The first-order valence-electron chi connectivity index (χ1n) is 8.77. The standard InChI is InChI=1S/C19H21Cl2N3O3S/c1-23-18-7-5-13(11-2-6-16(20)17(21)8-11)14-4-3-12(9-15(14)18)28(26,27)24-10-19(22)25/h2-4,6,8-9,13,18,23-24H,5,7,10H2,1H3,(H2,22,25)/t13-,18-/m0/s1. The Balaban J connectivity index is 2.03. The average molecular weight is 442 g/mol. The van der Waals surface area contributed by atoms with Crippen LogP contribution in [0.15, 0.2) is 41.3 Å². The van der Waals surface area contributed by atoms with Crippen LogP contribution in [0.25, 0.3) is 0 Å². The molecule has 1 aliphatic rings. The van der Waals surface area contributed by atoms with Crippen LogP contribution >= 0.6 is 23.2 Å². The molecule has 2 aromatic rings. The number of hydrogen-bond donors (Lipinski definition) is 3. The minimum Gasteiger partial charge on any atom is -0.369 e. The highest BCUT2D eigenvalue weighted by Crippen LogP contribution is 2.43. The third-order valence-electron chi connectivity index (χ3n) is 4.99. The molecule has 0 aliphatic heterocycles. The van der Waals surface area contributed by atoms with Gasteiger partial charge in [0.2, 0.25) is 15.9 Å². The van der Waals surface area contributed by atoms with Crippen molar-refractivity contribution in [3.05, 3.63) is 63.1 Å². The minimum atomic E-state index is -3.83. The number of halogens is 2. The van der Waals surface area contributed by atoms with Crippen LogP contribution in [0.1, 0.15) is 41.5 Å². The molecule has 0 heterocycles. The van der Waals surface area contributed by atoms with Crippen molar-refractivity contribution in [1.82, 2.24) is 10.0 Å². The third-order valence-corrected chi connectivity index (χ3v) is 7.13. The maximum absolute atomic E-state index is 12.5. The highest BCUT2D eigenvalue weighted by molar-refractivity contribution is 7.89. The number of benzene rings is 2. The zero-order chi connectivity index (χ0) is 20.5. The van der Waals surface area contributed by atoms with E-state index in [1.807, 2.05) is 25.2 Å². The third kappa shape index (κ3) is 4.34. The molecule has 3 rings (SSSR count). The summed E-state index contributed by atoms with van der Waals surface area (Å²) in [6, 6.07) is 10.6. The number of sulfonamides is 1. The van der Waals surface area contributed by atoms with Crippen molar-refractivity contribution in [2.45, 2.75) is 29.7 Å². The monoisotopic (exact) mass is 441 g/mol. The molecule has 2 aromatic carbocycles. The van der Waals surface area contributed by atoms with Crippen molar-refractivity contribution in [3.8, 4) is 0 Å². The Bertz CT molecular complexity index is 1010. The number of rotatable bonds is 6. The Morgan fingerprint density at radius 2 is 1.86 bits per heavy atom. The predicted molar refractivity (Wildman–Crippen MR) is 110 cm³/mol. The Morgan fingerprint density at radius 3 is 2.50 bits per heavy atom. The van der Waals surface area contributed by atoms with E-state index in [9.17, 15) is 13.2 Å². The summed E-state index contributed by atoms with van der Waals surface area (Å²) >= 11 is 12.2. The Morgan fingerprint density at radius 1 is 1.11 bits per heavy atom. The van der Waals surface area contributed by atoms with Gasteiger partial charge in [-0.25, -0.2) is 13.1 Å². The van der Waals surface area contributed by atoms with Crippen LogP contribution in [0.2, 0.25) is 10.0 Å². The van der Waals surface area contributed by atoms with Crippen molar-refractivity contribution in [2.75, 3.05) is 13.6 Å². The molecule has 1 aliphatic carbocycles. The number of carbonyl (C=O) groups is 1. The smallest absolute Gasteiger partial charge is 0.241 e. The second-order valence-electron chi connectivity index (χ2n) is 6.73. The predicted octanol–water partition coefficient (Wildman–Crippen LogP) is 2.94. The first-order valence-corrected chi connectivity index (χ1v) is 11.0. The normalized spacial score (nSPS) is 19.2. The minimum absolute atomic E-state index is 0.0281. The van der Waals surface area contributed by atoms with E-state index in [-0.39, 0.29) is 16.9 Å². The number of hydrogen-bond acceptors (Lipinski definition) is 4. The van der Waals surface area contributed by atoms with Crippen LogP contribution in [0.5, 0.6) is 0 Å². The van der Waals surface area contributed by atoms with E-state index < -0.39 is 22.5 Å². The SMILES string of the molecule is CN[C@H]1CC[C@@H](c2ccc(Cl)c(Cl)c2)c2ccc(S(=O)(=O)NCC(N)=O)cc21. The van der Waals surface area contributed by atoms with Gasteiger partial charge in [-0.15, -0.1) is 0 Å². The van der Waals surface area contributed by atoms with Crippen molar-refractivity contribution < 1.29 is 13.2 Å². The molecular weight excluding hydrogens is 421 g/mol. The molecule has 9 heteroatoms. The van der Waals surface area contributed by atoms with Crippen molar-refractivity contribution in [2.24, 2.45) is 5.73 Å². The summed E-state index contributed by atoms with van der Waals surface area (Å²) in [4.78, 5) is 11.0. The number of amides is 1. The quantitative estimate of drug-likeness (QED) is 0.640. The summed E-state index contributed by atoms with van der Waals surface area (Å²) in [5.41, 5.74) is 8.03. The van der Waals surface area contributed by atoms with E-state index in [1.165, 1.54) is 0 Å². The fourth-order valence-corrected chi connectivity index (χ4v) is 4.94. The lowest BCUT2D eigenvalue weighted by Crippen LogP contribution is -2.33. The number of carbonyl (C=O) groups excluding carboxylic acids is 1. The second kappa shape index (κ2) is 8.39. The molecule has 0 radical (unpaired) electrons. The summed E-state index contributed by atoms with van der Waals surface area (Å²) < 4.78 is 27.2. The van der Waals surface area contributed by atoms with Crippen LogP contribution in [0.4, 0.5) is 0 Å². The largest absolute Gasteiger partial charge is 0.369 e. The summed E-state index contributed by atoms with van der Waals surface area (Å²) in [7, 11) is -1.98. The Hall–Kier alpha value is -1.64. The maximum atomic E-state index is 12.5. The lowest BCUT2D eigenvalue weighted by molar-refractivity contribution is -0.116. The summed E-state index contributed by atoms with van der Waals surface area (Å²) in [5.74, 6) is -0.654. The zero-order valence-corrected chi connectivity index (χ0v) is 17.5. The highest BCUT2D eigenvalue weighted by atomic mass is 35.5. The topological polar surface area (TPSA) is 101 Å². The van der Waals surface area contributed by atoms with Gasteiger partial charge in [-0.1, -0.05) is 35.3 Å². The molecule has 4 N–H and O–H groups in total. The number of nitrogens with one attached hydrogen (secondary N) is 2. The zero-order valence-electron chi connectivity index (χ0n) is 15.2. The summed E-state index contributed by atoms with van der Waals surface area (Å²) in [6.07, 6.45) is 1.73. The van der Waals surface area contributed by atoms with Gasteiger partial charge in [0.15, 0.2) is 0 Å². The summed E-state index contributed by atoms with van der Waals surface area (Å²) in [5, 5.41) is 4.23. The molecule has 1 amide bonds. The van der Waals surface area contributed by atoms with Crippen molar-refractivity contribution in [1.29, 1.82) is 0 Å². The average Bonchev–Trinajstić information content (AvgIpc) is 2.67. The van der Waals surface area contributed by atoms with Gasteiger partial charge < -0.3 is 11.1 Å². The van der Waals surface area contributed by atoms with Crippen LogP contribution in [0.3, 0.4) is 0 Å². The van der Waals surface area contributed by atoms with Gasteiger partial charge in [0.05, 0.1) is 21.5 Å². The van der Waals surface area contributed by atoms with E-state index in [1.54, 1.807) is 18.2 Å². The van der Waals surface area contributed by atoms with Gasteiger partial charge in [-0.05, 0) is 60.8 Å². The molecule has 150 valence electrons. The van der Waals surface area contributed by atoms with Gasteiger partial charge in [-0.3, -0.25) is 4.79 Å². The summed E-state index contributed by atoms with van der Waals surface area (Å²) in [6.45, 7) is -0.444. The molecule has 0 fully saturated rings. The number of primary amides is 1. The molecule has 6 nitrogen and oxygen atoms in total. The highest BCUT2D eigenvalue weighted by Gasteiger charge is 2.29. The van der Waals surface area contributed by atoms with E-state index >= 15 is 0 Å². The molecule has 0 saturated heterocycles. The van der Waals surface area contributed by atoms with Crippen LogP contribution in [0, 0.1) is 0 Å². The molecule has 0 unspecified atom stereocenters. The van der Waals surface area contributed by atoms with E-state index in [2.05, 4.69) is 10.0 Å². The molecule has 0 aromatic heterocycles. The number of fused-ring (bicyclic) bond motifs is 1. The van der Waals surface area contributed by atoms with Gasteiger partial charge in [0, 0.05) is 12.0 Å². The lowest BCUT2D eigenvalue weighted by Gasteiger charge is -2.32. The van der Waals surface area contributed by atoms with E-state index in [0.717, 1.165) is 29.5 Å². The van der Waals surface area contributed by atoms with Crippen LogP contribution < -0.4 is 15.8 Å². The first-order chi connectivity index (χ1) is 13.2. The second-order valence-corrected chi connectivity index (χ2v) is 9.31. The van der Waals surface area contributed by atoms with Gasteiger partial charge in [0.1, 0.15) is 0 Å². The van der Waals surface area contributed by atoms with Gasteiger partial charge in [-0.2, -0.15) is 0 Å². The molecule has 0 spiro atoms. The van der Waals surface area contributed by atoms with Crippen molar-refractivity contribution >= 4 is 39.1 Å². The number of nitrogens with two attached hydrogens (primary N) is 1. The first kappa shape index (κ1) is 21.1. The molecule has 0 saturated carbocycles. The van der Waals surface area contributed by atoms with Gasteiger partial charge >= 0.3 is 0 Å². The fraction of sp³-hybridized carbons (Fsp3) is 0.316. The molecular formula is C19H21Cl2N3O3S. The molecule has 2 atom stereocenters. The Kier molecular flexibility index (Phi) is 6.31. The molecule has 0 bridgehead atoms. The van der Waals surface area contributed by atoms with Crippen molar-refractivity contribution in [3.63, 3.8) is 0 Å². The van der Waals surface area contributed by atoms with E-state index in [0.29, 0.717) is 10.0 Å². The maximum Gasteiger partial charge on any atom is 0.241 e. The van der Waals surface area contributed by atoms with Crippen LogP contribution in [-0.4, -0.2) is 27.9 Å². The lowest BCUT2D eigenvalue weighted by atomic mass is 9.77. The fourth-order valence-electron chi connectivity index (χ4n) is 3.61. The van der Waals surface area contributed by atoms with Crippen LogP contribution in [-0.2, 0) is 14.8 Å².